The van der Waals surface area contributed by atoms with Gasteiger partial charge in [-0.05, 0) is 48.4 Å². The van der Waals surface area contributed by atoms with Crippen LogP contribution in [0.25, 0.3) is 0 Å². The van der Waals surface area contributed by atoms with Gasteiger partial charge in [0.05, 0.1) is 6.20 Å². The van der Waals surface area contributed by atoms with Crippen LogP contribution >= 0.6 is 0 Å². The second-order valence-electron chi connectivity index (χ2n) is 6.49. The molecule has 0 bridgehead atoms. The van der Waals surface area contributed by atoms with E-state index in [9.17, 15) is 9.18 Å². The van der Waals surface area contributed by atoms with Crippen molar-refractivity contribution in [2.24, 2.45) is 0 Å². The largest absolute Gasteiger partial charge is 0.436 e. The van der Waals surface area contributed by atoms with Crippen LogP contribution in [0.4, 0.5) is 16.0 Å². The van der Waals surface area contributed by atoms with Gasteiger partial charge in [-0.25, -0.2) is 4.98 Å². The summed E-state index contributed by atoms with van der Waals surface area (Å²) in [5, 5.41) is 3.03. The minimum Gasteiger partial charge on any atom is -0.436 e. The van der Waals surface area contributed by atoms with E-state index in [-0.39, 0.29) is 19.2 Å². The summed E-state index contributed by atoms with van der Waals surface area (Å²) in [6.45, 7) is 5.87. The van der Waals surface area contributed by atoms with Gasteiger partial charge in [0.25, 0.3) is 5.88 Å². The van der Waals surface area contributed by atoms with E-state index in [1.165, 1.54) is 11.0 Å². The van der Waals surface area contributed by atoms with E-state index in [4.69, 9.17) is 4.74 Å². The topological polar surface area (TPSA) is 67.4 Å². The van der Waals surface area contributed by atoms with Crippen molar-refractivity contribution >= 4 is 17.5 Å². The van der Waals surface area contributed by atoms with Crippen LogP contribution in [-0.2, 0) is 11.3 Å². The molecule has 0 saturated heterocycles. The zero-order valence-corrected chi connectivity index (χ0v) is 16.2. The normalized spacial score (nSPS) is 10.3. The summed E-state index contributed by atoms with van der Waals surface area (Å²) in [6, 6.07) is 14.7. The van der Waals surface area contributed by atoms with E-state index >= 15 is 0 Å². The number of hydrogen-bond donors (Lipinski definition) is 1. The van der Waals surface area contributed by atoms with Crippen LogP contribution in [0.15, 0.2) is 67.4 Å². The minimum absolute atomic E-state index is 0. The minimum atomic E-state index is -0.666. The SMILES string of the molecule is C=CC(=O)N(C)Cc1ccc(Oc2nc(Nc3cccc(C)c3)ncc2F)cc1.[HH]. The lowest BCUT2D eigenvalue weighted by Crippen LogP contribution is -2.23. The van der Waals surface area contributed by atoms with Gasteiger partial charge in [-0.2, -0.15) is 9.37 Å². The summed E-state index contributed by atoms with van der Waals surface area (Å²) in [4.78, 5) is 21.2. The number of aromatic nitrogens is 2. The number of amides is 1. The molecule has 3 rings (SSSR count). The third-order valence-electron chi connectivity index (χ3n) is 4.09. The third-order valence-corrected chi connectivity index (χ3v) is 4.09. The van der Waals surface area contributed by atoms with Gasteiger partial charge in [0.15, 0.2) is 0 Å². The van der Waals surface area contributed by atoms with Crippen molar-refractivity contribution in [1.82, 2.24) is 14.9 Å². The second kappa shape index (κ2) is 8.97. The number of anilines is 2. The molecule has 0 aliphatic rings. The van der Waals surface area contributed by atoms with Crippen molar-refractivity contribution in [3.05, 3.63) is 84.3 Å². The highest BCUT2D eigenvalue weighted by Crippen LogP contribution is 2.24. The zero-order valence-electron chi connectivity index (χ0n) is 16.2. The number of rotatable bonds is 7. The van der Waals surface area contributed by atoms with Crippen LogP contribution < -0.4 is 10.1 Å². The second-order valence-corrected chi connectivity index (χ2v) is 6.49. The van der Waals surface area contributed by atoms with Crippen molar-refractivity contribution in [1.29, 1.82) is 0 Å². The number of hydrogen-bond acceptors (Lipinski definition) is 5. The number of nitrogens with zero attached hydrogens (tertiary/aromatic N) is 3. The van der Waals surface area contributed by atoms with Gasteiger partial charge in [0.2, 0.25) is 17.7 Å². The van der Waals surface area contributed by atoms with E-state index in [1.54, 1.807) is 31.3 Å². The highest BCUT2D eigenvalue weighted by Gasteiger charge is 2.11. The maximum Gasteiger partial charge on any atom is 0.260 e. The molecular formula is C22H23FN4O2. The molecule has 0 unspecified atom stereocenters. The number of carbonyl (C=O) groups excluding carboxylic acids is 1. The zero-order chi connectivity index (χ0) is 20.8. The van der Waals surface area contributed by atoms with Crippen molar-refractivity contribution in [2.45, 2.75) is 13.5 Å². The Morgan fingerprint density at radius 2 is 2.07 bits per heavy atom. The molecule has 0 radical (unpaired) electrons. The first-order chi connectivity index (χ1) is 13.9. The summed E-state index contributed by atoms with van der Waals surface area (Å²) in [5.41, 5.74) is 2.78. The molecule has 1 aromatic heterocycles. The van der Waals surface area contributed by atoms with Crippen molar-refractivity contribution < 1.29 is 15.3 Å². The number of aryl methyl sites for hydroxylation is 1. The van der Waals surface area contributed by atoms with Gasteiger partial charge in [0, 0.05) is 20.7 Å². The lowest BCUT2D eigenvalue weighted by molar-refractivity contribution is -0.125. The fraction of sp³-hybridized carbons (Fsp3) is 0.136. The van der Waals surface area contributed by atoms with E-state index in [0.29, 0.717) is 12.3 Å². The molecule has 0 aliphatic heterocycles. The number of likely N-dealkylation sites (N-methyl/N-ethyl adjacent to an activating group) is 1. The van der Waals surface area contributed by atoms with Gasteiger partial charge >= 0.3 is 0 Å². The molecule has 1 amide bonds. The Balaban J connectivity index is 0.00000320. The monoisotopic (exact) mass is 394 g/mol. The Bertz CT molecular complexity index is 1030. The first-order valence-electron chi connectivity index (χ1n) is 8.95. The quantitative estimate of drug-likeness (QED) is 0.580. The Morgan fingerprint density at radius 3 is 2.76 bits per heavy atom. The predicted octanol–water partition coefficient (Wildman–Crippen LogP) is 4.85. The van der Waals surface area contributed by atoms with Gasteiger partial charge in [0.1, 0.15) is 5.75 Å². The summed E-state index contributed by atoms with van der Waals surface area (Å²) in [7, 11) is 1.69. The van der Waals surface area contributed by atoms with Crippen LogP contribution in [0.1, 0.15) is 12.6 Å². The average molecular weight is 394 g/mol. The lowest BCUT2D eigenvalue weighted by Gasteiger charge is -2.15. The average Bonchev–Trinajstić information content (AvgIpc) is 2.71. The summed E-state index contributed by atoms with van der Waals surface area (Å²) in [6.07, 6.45) is 2.32. The van der Waals surface area contributed by atoms with Crippen LogP contribution in [-0.4, -0.2) is 27.8 Å². The molecule has 150 valence electrons. The van der Waals surface area contributed by atoms with Crippen molar-refractivity contribution in [3.63, 3.8) is 0 Å². The number of nitrogens with one attached hydrogen (secondary N) is 1. The highest BCUT2D eigenvalue weighted by molar-refractivity contribution is 5.86. The van der Waals surface area contributed by atoms with Crippen LogP contribution in [0, 0.1) is 12.7 Å². The summed E-state index contributed by atoms with van der Waals surface area (Å²) < 4.78 is 19.7. The van der Waals surface area contributed by atoms with E-state index < -0.39 is 5.82 Å². The molecular weight excluding hydrogens is 371 g/mol. The molecule has 6 nitrogen and oxygen atoms in total. The van der Waals surface area contributed by atoms with Crippen molar-refractivity contribution in [3.8, 4) is 11.6 Å². The number of halogens is 1. The fourth-order valence-electron chi connectivity index (χ4n) is 2.62. The van der Waals surface area contributed by atoms with Crippen LogP contribution in [0.2, 0.25) is 0 Å². The van der Waals surface area contributed by atoms with Crippen LogP contribution in [0.5, 0.6) is 11.6 Å². The molecule has 0 saturated carbocycles. The molecule has 29 heavy (non-hydrogen) atoms. The van der Waals surface area contributed by atoms with Gasteiger partial charge in [-0.15, -0.1) is 0 Å². The Morgan fingerprint density at radius 1 is 1.31 bits per heavy atom. The lowest BCUT2D eigenvalue weighted by atomic mass is 10.2. The molecule has 0 aliphatic carbocycles. The molecule has 1 N–H and O–H groups in total. The summed E-state index contributed by atoms with van der Waals surface area (Å²) >= 11 is 0. The van der Waals surface area contributed by atoms with E-state index in [1.807, 2.05) is 31.2 Å². The Hall–Kier alpha value is -3.74. The Kier molecular flexibility index (Phi) is 6.19. The van der Waals surface area contributed by atoms with E-state index in [2.05, 4.69) is 21.9 Å². The third kappa shape index (κ3) is 5.38. The molecule has 0 atom stereocenters. The van der Waals surface area contributed by atoms with Crippen LogP contribution in [0.3, 0.4) is 0 Å². The van der Waals surface area contributed by atoms with E-state index in [0.717, 1.165) is 23.0 Å². The highest BCUT2D eigenvalue weighted by atomic mass is 19.1. The molecule has 3 aromatic rings. The number of carbonyl (C=O) groups is 1. The fourth-order valence-corrected chi connectivity index (χ4v) is 2.62. The predicted molar refractivity (Wildman–Crippen MR) is 112 cm³/mol. The number of benzene rings is 2. The molecule has 1 heterocycles. The first-order valence-corrected chi connectivity index (χ1v) is 8.95. The van der Waals surface area contributed by atoms with Gasteiger partial charge in [-0.3, -0.25) is 4.79 Å². The standard InChI is InChI=1S/C22H21FN4O2.H2/c1-4-20(28)27(3)14-16-8-10-18(11-9-16)29-21-19(23)13-24-22(26-21)25-17-7-5-6-15(2)12-17;/h4-13H,1,14H2,2-3H3,(H,24,25,26);1H. The molecule has 2 aromatic carbocycles. The maximum absolute atomic E-state index is 14.1. The van der Waals surface area contributed by atoms with Gasteiger partial charge in [-0.1, -0.05) is 30.8 Å². The molecule has 0 fully saturated rings. The number of ether oxygens (including phenoxy) is 1. The van der Waals surface area contributed by atoms with Gasteiger partial charge < -0.3 is 15.0 Å². The molecule has 7 heteroatoms. The smallest absolute Gasteiger partial charge is 0.260 e. The maximum atomic E-state index is 14.1. The summed E-state index contributed by atoms with van der Waals surface area (Å²) in [5.74, 6) is -0.359. The molecule has 0 spiro atoms. The van der Waals surface area contributed by atoms with Crippen molar-refractivity contribution in [2.75, 3.05) is 12.4 Å². The Labute approximate surface area is 170 Å². The first kappa shape index (κ1) is 20.0.